The number of nitrogens with zero attached hydrogens (tertiary/aromatic N) is 2. The minimum absolute atomic E-state index is 0.295. The molecule has 3 nitrogen and oxygen atoms in total. The molecule has 0 fully saturated rings. The Labute approximate surface area is 111 Å². The number of rotatable bonds is 2. The first-order chi connectivity index (χ1) is 8.74. The number of nitrogens with one attached hydrogen (secondary N) is 1. The quantitative estimate of drug-likeness (QED) is 0.773. The van der Waals surface area contributed by atoms with Crippen LogP contribution >= 0.6 is 22.9 Å². The Morgan fingerprint density at radius 2 is 2.33 bits per heavy atom. The van der Waals surface area contributed by atoms with Crippen LogP contribution in [-0.4, -0.2) is 15.0 Å². The van der Waals surface area contributed by atoms with Gasteiger partial charge in [-0.1, -0.05) is 17.7 Å². The van der Waals surface area contributed by atoms with Crippen molar-refractivity contribution in [2.24, 2.45) is 0 Å². The van der Waals surface area contributed by atoms with Gasteiger partial charge in [0.1, 0.15) is 11.3 Å². The van der Waals surface area contributed by atoms with Gasteiger partial charge in [0.2, 0.25) is 0 Å². The molecule has 2 heterocycles. The number of benzene rings is 1. The highest BCUT2D eigenvalue weighted by atomic mass is 35.5. The molecule has 0 aliphatic rings. The maximum atomic E-state index is 13.5. The van der Waals surface area contributed by atoms with E-state index in [9.17, 15) is 4.39 Å². The molecule has 0 saturated heterocycles. The lowest BCUT2D eigenvalue weighted by Crippen LogP contribution is -1.79. The predicted octanol–water partition coefficient (Wildman–Crippen LogP) is 3.90. The molecular formula is C12H7ClFN3S. The van der Waals surface area contributed by atoms with Crippen LogP contribution in [0.4, 0.5) is 4.39 Å². The van der Waals surface area contributed by atoms with Crippen LogP contribution in [0.2, 0.25) is 0 Å². The molecule has 0 spiro atoms. The molecule has 0 unspecified atom stereocenters. The molecule has 6 heteroatoms. The zero-order valence-corrected chi connectivity index (χ0v) is 10.6. The van der Waals surface area contributed by atoms with Crippen molar-refractivity contribution in [3.8, 4) is 0 Å². The van der Waals surface area contributed by atoms with Crippen molar-refractivity contribution in [3.05, 3.63) is 46.4 Å². The van der Waals surface area contributed by atoms with Crippen molar-refractivity contribution >= 4 is 45.1 Å². The van der Waals surface area contributed by atoms with E-state index in [-0.39, 0.29) is 5.82 Å². The van der Waals surface area contributed by atoms with E-state index in [0.717, 1.165) is 4.88 Å². The summed E-state index contributed by atoms with van der Waals surface area (Å²) in [5, 5.41) is 0.426. The molecule has 0 aliphatic carbocycles. The number of hydrogen-bond acceptors (Lipinski definition) is 3. The van der Waals surface area contributed by atoms with Gasteiger partial charge in [0.05, 0.1) is 16.1 Å². The summed E-state index contributed by atoms with van der Waals surface area (Å²) in [5.41, 5.74) is 2.64. The van der Waals surface area contributed by atoms with Gasteiger partial charge in [-0.3, -0.25) is 4.98 Å². The van der Waals surface area contributed by atoms with E-state index in [2.05, 4.69) is 15.0 Å². The van der Waals surface area contributed by atoms with Crippen molar-refractivity contribution < 1.29 is 4.39 Å². The number of H-pyrrole nitrogens is 1. The summed E-state index contributed by atoms with van der Waals surface area (Å²) in [6.07, 6.45) is 3.45. The van der Waals surface area contributed by atoms with E-state index in [1.807, 2.05) is 0 Å². The molecule has 2 aromatic heterocycles. The summed E-state index contributed by atoms with van der Waals surface area (Å²) in [6.45, 7) is 0. The Morgan fingerprint density at radius 1 is 1.44 bits per heavy atom. The molecule has 0 saturated carbocycles. The number of hydrogen-bond donors (Lipinski definition) is 1. The van der Waals surface area contributed by atoms with Gasteiger partial charge in [0.25, 0.3) is 0 Å². The predicted molar refractivity (Wildman–Crippen MR) is 71.9 cm³/mol. The zero-order chi connectivity index (χ0) is 12.5. The third-order valence-corrected chi connectivity index (χ3v) is 3.42. The van der Waals surface area contributed by atoms with Crippen LogP contribution in [0.5, 0.6) is 0 Å². The van der Waals surface area contributed by atoms with Crippen LogP contribution in [0.15, 0.2) is 29.9 Å². The Kier molecular flexibility index (Phi) is 2.85. The average Bonchev–Trinajstić information content (AvgIpc) is 2.97. The van der Waals surface area contributed by atoms with Crippen molar-refractivity contribution in [1.29, 1.82) is 0 Å². The fourth-order valence-electron chi connectivity index (χ4n) is 1.60. The summed E-state index contributed by atoms with van der Waals surface area (Å²) >= 11 is 7.61. The number of para-hydroxylation sites is 1. The maximum Gasteiger partial charge on any atom is 0.151 e. The average molecular weight is 280 g/mol. The summed E-state index contributed by atoms with van der Waals surface area (Å²) in [7, 11) is 0. The molecule has 3 aromatic rings. The van der Waals surface area contributed by atoms with Crippen molar-refractivity contribution in [1.82, 2.24) is 15.0 Å². The number of imidazole rings is 1. The van der Waals surface area contributed by atoms with E-state index in [1.165, 1.54) is 17.4 Å². The van der Waals surface area contributed by atoms with E-state index in [4.69, 9.17) is 11.6 Å². The van der Waals surface area contributed by atoms with Crippen molar-refractivity contribution in [2.45, 2.75) is 0 Å². The lowest BCUT2D eigenvalue weighted by Gasteiger charge is -1.91. The Hall–Kier alpha value is -1.72. The summed E-state index contributed by atoms with van der Waals surface area (Å²) in [6, 6.07) is 4.75. The molecule has 0 amide bonds. The molecule has 18 heavy (non-hydrogen) atoms. The van der Waals surface area contributed by atoms with Gasteiger partial charge in [-0.25, -0.2) is 9.37 Å². The normalized spacial score (nSPS) is 12.2. The second-order valence-corrected chi connectivity index (χ2v) is 4.94. The number of fused-ring (bicyclic) bond motifs is 1. The summed E-state index contributed by atoms with van der Waals surface area (Å²) in [5.74, 6) is 0.0856. The second-order valence-electron chi connectivity index (χ2n) is 3.62. The molecule has 0 aliphatic heterocycles. The number of halogens is 2. The van der Waals surface area contributed by atoms with Crippen LogP contribution in [0.3, 0.4) is 0 Å². The zero-order valence-electron chi connectivity index (χ0n) is 9.02. The second kappa shape index (κ2) is 4.51. The van der Waals surface area contributed by atoms with Gasteiger partial charge >= 0.3 is 0 Å². The van der Waals surface area contributed by atoms with Gasteiger partial charge in [-0.15, -0.1) is 11.3 Å². The smallest absolute Gasteiger partial charge is 0.151 e. The van der Waals surface area contributed by atoms with Crippen molar-refractivity contribution in [2.75, 3.05) is 0 Å². The molecule has 1 aromatic carbocycles. The van der Waals surface area contributed by atoms with Gasteiger partial charge in [0, 0.05) is 11.1 Å². The van der Waals surface area contributed by atoms with E-state index in [0.29, 0.717) is 21.9 Å². The maximum absolute atomic E-state index is 13.5. The first-order valence-electron chi connectivity index (χ1n) is 5.14. The third kappa shape index (κ3) is 2.02. The minimum Gasteiger partial charge on any atom is -0.337 e. The first-order valence-corrected chi connectivity index (χ1v) is 6.40. The topological polar surface area (TPSA) is 41.6 Å². The Bertz CT molecular complexity index is 718. The highest BCUT2D eigenvalue weighted by Gasteiger charge is 2.09. The Morgan fingerprint density at radius 3 is 3.06 bits per heavy atom. The molecular weight excluding hydrogens is 273 g/mol. The van der Waals surface area contributed by atoms with Crippen molar-refractivity contribution in [3.63, 3.8) is 0 Å². The van der Waals surface area contributed by atoms with Gasteiger partial charge in [0.15, 0.2) is 5.82 Å². The Balaban J connectivity index is 2.07. The SMILES string of the molecule is Fc1cccc2[nH]c(C(Cl)=Cc3cncs3)nc12. The van der Waals surface area contributed by atoms with Crippen LogP contribution in [0, 0.1) is 5.82 Å². The monoisotopic (exact) mass is 279 g/mol. The minimum atomic E-state index is -0.364. The fraction of sp³-hybridized carbons (Fsp3) is 0. The standard InChI is InChI=1S/C12H7ClFN3S/c13-8(4-7-5-15-6-18-7)12-16-10-3-1-2-9(14)11(10)17-12/h1-6H,(H,16,17). The molecule has 0 atom stereocenters. The van der Waals surface area contributed by atoms with Crippen LogP contribution in [0.1, 0.15) is 10.7 Å². The van der Waals surface area contributed by atoms with Gasteiger partial charge in [-0.2, -0.15) is 0 Å². The van der Waals surface area contributed by atoms with E-state index < -0.39 is 0 Å². The molecule has 0 bridgehead atoms. The highest BCUT2D eigenvalue weighted by Crippen LogP contribution is 2.24. The summed E-state index contributed by atoms with van der Waals surface area (Å²) in [4.78, 5) is 12.0. The molecule has 90 valence electrons. The summed E-state index contributed by atoms with van der Waals surface area (Å²) < 4.78 is 13.5. The number of aromatic amines is 1. The highest BCUT2D eigenvalue weighted by molar-refractivity contribution is 7.10. The van der Waals surface area contributed by atoms with Gasteiger partial charge in [-0.05, 0) is 18.2 Å². The van der Waals surface area contributed by atoms with Crippen LogP contribution < -0.4 is 0 Å². The van der Waals surface area contributed by atoms with E-state index in [1.54, 1.807) is 29.9 Å². The fourth-order valence-corrected chi connectivity index (χ4v) is 2.42. The lowest BCUT2D eigenvalue weighted by molar-refractivity contribution is 0.637. The largest absolute Gasteiger partial charge is 0.337 e. The van der Waals surface area contributed by atoms with Crippen LogP contribution in [-0.2, 0) is 0 Å². The number of thiazole rings is 1. The first kappa shape index (κ1) is 11.4. The molecule has 0 radical (unpaired) electrons. The molecule has 3 rings (SSSR count). The lowest BCUT2D eigenvalue weighted by atomic mass is 10.3. The third-order valence-electron chi connectivity index (χ3n) is 2.41. The number of aromatic nitrogens is 3. The van der Waals surface area contributed by atoms with Crippen LogP contribution in [0.25, 0.3) is 22.1 Å². The molecule has 1 N–H and O–H groups in total. The van der Waals surface area contributed by atoms with E-state index >= 15 is 0 Å². The van der Waals surface area contributed by atoms with Gasteiger partial charge < -0.3 is 4.98 Å².